The fourth-order valence-corrected chi connectivity index (χ4v) is 4.12. The van der Waals surface area contributed by atoms with E-state index in [1.165, 1.54) is 0 Å². The van der Waals surface area contributed by atoms with Crippen molar-refractivity contribution in [1.29, 1.82) is 0 Å². The second-order valence-electron chi connectivity index (χ2n) is 8.05. The van der Waals surface area contributed by atoms with Crippen molar-refractivity contribution in [2.24, 2.45) is 0 Å². The lowest BCUT2D eigenvalue weighted by Crippen LogP contribution is -2.35. The number of amides is 1. The highest BCUT2D eigenvalue weighted by molar-refractivity contribution is 5.98. The fraction of sp³-hybridized carbons (Fsp3) is 0.192. The number of pyridine rings is 2. The molecule has 0 radical (unpaired) electrons. The number of ether oxygens (including phenoxy) is 1. The lowest BCUT2D eigenvalue weighted by molar-refractivity contribution is 0.0930. The second kappa shape index (κ2) is 7.51. The molecular weight excluding hydrogens is 386 g/mol. The van der Waals surface area contributed by atoms with Crippen LogP contribution in [0, 0.1) is 6.92 Å². The molecule has 2 aromatic carbocycles. The highest BCUT2D eigenvalue weighted by Crippen LogP contribution is 2.49. The van der Waals surface area contributed by atoms with E-state index in [1.807, 2.05) is 43.5 Å². The minimum atomic E-state index is -0.397. The first-order chi connectivity index (χ1) is 15.1. The predicted octanol–water partition coefficient (Wildman–Crippen LogP) is 5.03. The standard InChI is InChI=1S/C26H23N3O2/c1-17-7-8-20(31-2)15-22(17)25(30)29-26(9-10-26)23-13-19(18-5-3-11-27-16-18)14-24-21(23)6-4-12-28-24/h3-8,11-16H,9-10H2,1-2H3,(H,29,30). The molecule has 1 aliphatic carbocycles. The first kappa shape index (κ1) is 19.2. The van der Waals surface area contributed by atoms with Crippen molar-refractivity contribution in [2.45, 2.75) is 25.3 Å². The molecule has 1 fully saturated rings. The molecule has 1 aliphatic rings. The number of benzene rings is 2. The highest BCUT2D eigenvalue weighted by Gasteiger charge is 2.47. The summed E-state index contributed by atoms with van der Waals surface area (Å²) in [6.07, 6.45) is 7.20. The first-order valence-electron chi connectivity index (χ1n) is 10.4. The number of rotatable bonds is 5. The van der Waals surface area contributed by atoms with Gasteiger partial charge in [-0.1, -0.05) is 18.2 Å². The summed E-state index contributed by atoms with van der Waals surface area (Å²) in [7, 11) is 1.61. The number of hydrogen-bond donors (Lipinski definition) is 1. The van der Waals surface area contributed by atoms with Crippen LogP contribution in [0.2, 0.25) is 0 Å². The van der Waals surface area contributed by atoms with Crippen molar-refractivity contribution in [2.75, 3.05) is 7.11 Å². The van der Waals surface area contributed by atoms with E-state index in [2.05, 4.69) is 33.5 Å². The molecule has 5 nitrogen and oxygen atoms in total. The summed E-state index contributed by atoms with van der Waals surface area (Å²) in [5, 5.41) is 4.39. The highest BCUT2D eigenvalue weighted by atomic mass is 16.5. The van der Waals surface area contributed by atoms with Crippen LogP contribution in [0.1, 0.15) is 34.3 Å². The molecule has 0 atom stereocenters. The normalized spacial score (nSPS) is 14.3. The Balaban J connectivity index is 1.58. The predicted molar refractivity (Wildman–Crippen MR) is 121 cm³/mol. The molecule has 1 amide bonds. The van der Waals surface area contributed by atoms with Gasteiger partial charge >= 0.3 is 0 Å². The van der Waals surface area contributed by atoms with Gasteiger partial charge < -0.3 is 10.1 Å². The lowest BCUT2D eigenvalue weighted by atomic mass is 9.93. The molecule has 2 aromatic heterocycles. The molecule has 5 heteroatoms. The van der Waals surface area contributed by atoms with Gasteiger partial charge in [-0.15, -0.1) is 0 Å². The summed E-state index contributed by atoms with van der Waals surface area (Å²) in [6, 6.07) is 17.8. The number of aryl methyl sites for hydroxylation is 1. The van der Waals surface area contributed by atoms with E-state index in [1.54, 1.807) is 25.6 Å². The number of aromatic nitrogens is 2. The summed E-state index contributed by atoms with van der Waals surface area (Å²) in [5.74, 6) is 0.589. The molecule has 1 saturated carbocycles. The largest absolute Gasteiger partial charge is 0.497 e. The Hall–Kier alpha value is -3.73. The molecule has 2 heterocycles. The number of carbonyl (C=O) groups is 1. The van der Waals surface area contributed by atoms with Gasteiger partial charge in [0.25, 0.3) is 5.91 Å². The molecule has 31 heavy (non-hydrogen) atoms. The van der Waals surface area contributed by atoms with Crippen molar-refractivity contribution >= 4 is 16.8 Å². The minimum Gasteiger partial charge on any atom is -0.497 e. The Morgan fingerprint density at radius 2 is 1.87 bits per heavy atom. The molecule has 1 N–H and O–H groups in total. The summed E-state index contributed by atoms with van der Waals surface area (Å²) >= 11 is 0. The maximum atomic E-state index is 13.3. The zero-order valence-corrected chi connectivity index (χ0v) is 17.6. The molecule has 0 saturated heterocycles. The maximum Gasteiger partial charge on any atom is 0.252 e. The summed E-state index contributed by atoms with van der Waals surface area (Å²) in [6.45, 7) is 1.94. The number of fused-ring (bicyclic) bond motifs is 1. The van der Waals surface area contributed by atoms with E-state index in [0.717, 1.165) is 46.0 Å². The molecule has 4 aromatic rings. The van der Waals surface area contributed by atoms with Crippen molar-refractivity contribution < 1.29 is 9.53 Å². The Kier molecular flexibility index (Phi) is 4.66. The molecular formula is C26H23N3O2. The van der Waals surface area contributed by atoms with Gasteiger partial charge in [-0.3, -0.25) is 14.8 Å². The third-order valence-corrected chi connectivity index (χ3v) is 6.02. The average molecular weight is 409 g/mol. The second-order valence-corrected chi connectivity index (χ2v) is 8.05. The van der Waals surface area contributed by atoms with Gasteiger partial charge in [0.15, 0.2) is 0 Å². The van der Waals surface area contributed by atoms with Gasteiger partial charge in [0.2, 0.25) is 0 Å². The van der Waals surface area contributed by atoms with Crippen LogP contribution in [-0.2, 0) is 5.54 Å². The fourth-order valence-electron chi connectivity index (χ4n) is 4.12. The zero-order valence-electron chi connectivity index (χ0n) is 17.6. The van der Waals surface area contributed by atoms with E-state index in [0.29, 0.717) is 11.3 Å². The number of nitrogens with one attached hydrogen (secondary N) is 1. The van der Waals surface area contributed by atoms with Crippen LogP contribution in [0.4, 0.5) is 0 Å². The maximum absolute atomic E-state index is 13.3. The monoisotopic (exact) mass is 409 g/mol. The summed E-state index contributed by atoms with van der Waals surface area (Å²) in [4.78, 5) is 22.1. The third kappa shape index (κ3) is 3.52. The van der Waals surface area contributed by atoms with Crippen LogP contribution in [0.25, 0.3) is 22.0 Å². The number of hydrogen-bond acceptors (Lipinski definition) is 4. The third-order valence-electron chi connectivity index (χ3n) is 6.02. The Bertz CT molecular complexity index is 1280. The van der Waals surface area contributed by atoms with Crippen molar-refractivity contribution in [3.8, 4) is 16.9 Å². The van der Waals surface area contributed by atoms with E-state index in [-0.39, 0.29) is 5.91 Å². The van der Waals surface area contributed by atoms with Gasteiger partial charge in [0.05, 0.1) is 18.2 Å². The Morgan fingerprint density at radius 3 is 2.61 bits per heavy atom. The number of methoxy groups -OCH3 is 1. The lowest BCUT2D eigenvalue weighted by Gasteiger charge is -2.22. The van der Waals surface area contributed by atoms with Crippen LogP contribution in [-0.4, -0.2) is 23.0 Å². The number of nitrogens with zero attached hydrogens (tertiary/aromatic N) is 2. The van der Waals surface area contributed by atoms with E-state index >= 15 is 0 Å². The summed E-state index contributed by atoms with van der Waals surface area (Å²) < 4.78 is 5.32. The molecule has 0 aliphatic heterocycles. The average Bonchev–Trinajstić information content (AvgIpc) is 3.59. The van der Waals surface area contributed by atoms with E-state index in [9.17, 15) is 4.79 Å². The van der Waals surface area contributed by atoms with Crippen molar-refractivity contribution in [1.82, 2.24) is 15.3 Å². The van der Waals surface area contributed by atoms with Crippen LogP contribution in [0.5, 0.6) is 5.75 Å². The van der Waals surface area contributed by atoms with E-state index in [4.69, 9.17) is 4.74 Å². The van der Waals surface area contributed by atoms with Crippen LogP contribution in [0.15, 0.2) is 73.2 Å². The topological polar surface area (TPSA) is 64.1 Å². The molecule has 0 spiro atoms. The number of carbonyl (C=O) groups excluding carboxylic acids is 1. The summed E-state index contributed by atoms with van der Waals surface area (Å²) in [5.41, 5.74) is 5.25. The molecule has 5 rings (SSSR count). The minimum absolute atomic E-state index is 0.0854. The Labute approximate surface area is 181 Å². The van der Waals surface area contributed by atoms with Gasteiger partial charge in [0, 0.05) is 35.1 Å². The first-order valence-corrected chi connectivity index (χ1v) is 10.4. The van der Waals surface area contributed by atoms with E-state index < -0.39 is 5.54 Å². The molecule has 0 unspecified atom stereocenters. The van der Waals surface area contributed by atoms with Gasteiger partial charge in [0.1, 0.15) is 5.75 Å². The quantitative estimate of drug-likeness (QED) is 0.502. The van der Waals surface area contributed by atoms with Crippen LogP contribution >= 0.6 is 0 Å². The Morgan fingerprint density at radius 1 is 1.03 bits per heavy atom. The smallest absolute Gasteiger partial charge is 0.252 e. The van der Waals surface area contributed by atoms with Crippen molar-refractivity contribution in [3.05, 3.63) is 89.9 Å². The molecule has 154 valence electrons. The van der Waals surface area contributed by atoms with Crippen LogP contribution in [0.3, 0.4) is 0 Å². The van der Waals surface area contributed by atoms with Crippen molar-refractivity contribution in [3.63, 3.8) is 0 Å². The zero-order chi connectivity index (χ0) is 21.4. The SMILES string of the molecule is COc1ccc(C)c(C(=O)NC2(c3cc(-c4cccnc4)cc4ncccc34)CC2)c1. The van der Waals surface area contributed by atoms with Crippen LogP contribution < -0.4 is 10.1 Å². The molecule has 0 bridgehead atoms. The van der Waals surface area contributed by atoms with Gasteiger partial charge in [-0.25, -0.2) is 0 Å². The van der Waals surface area contributed by atoms with Gasteiger partial charge in [-0.05, 0) is 72.9 Å². The van der Waals surface area contributed by atoms with Gasteiger partial charge in [-0.2, -0.15) is 0 Å².